The van der Waals surface area contributed by atoms with E-state index in [2.05, 4.69) is 17.1 Å². The van der Waals surface area contributed by atoms with Crippen molar-refractivity contribution in [3.63, 3.8) is 0 Å². The van der Waals surface area contributed by atoms with Gasteiger partial charge in [0.2, 0.25) is 0 Å². The summed E-state index contributed by atoms with van der Waals surface area (Å²) < 4.78 is 5.38. The summed E-state index contributed by atoms with van der Waals surface area (Å²) in [5.74, 6) is 0. The molecule has 1 aliphatic rings. The van der Waals surface area contributed by atoms with E-state index in [1.807, 2.05) is 0 Å². The molecule has 1 unspecified atom stereocenters. The van der Waals surface area contributed by atoms with Gasteiger partial charge in [0.05, 0.1) is 12.7 Å². The lowest BCUT2D eigenvalue weighted by atomic mass is 10.3. The molecule has 1 fully saturated rings. The molecule has 1 rings (SSSR count). The van der Waals surface area contributed by atoms with Crippen LogP contribution in [0.3, 0.4) is 0 Å². The Hall–Kier alpha value is -0.160. The van der Waals surface area contributed by atoms with Gasteiger partial charge in [0, 0.05) is 13.2 Å². The number of aliphatic hydroxyl groups excluding tert-OH is 1. The van der Waals surface area contributed by atoms with Gasteiger partial charge in [-0.15, -0.1) is 0 Å². The van der Waals surface area contributed by atoms with Crippen LogP contribution in [-0.4, -0.2) is 62.0 Å². The summed E-state index contributed by atoms with van der Waals surface area (Å²) >= 11 is 0. The fourth-order valence-corrected chi connectivity index (χ4v) is 2.23. The molecule has 0 bridgehead atoms. The van der Waals surface area contributed by atoms with E-state index in [0.717, 1.165) is 26.0 Å². The second-order valence-electron chi connectivity index (χ2n) is 5.19. The molecule has 0 aromatic heterocycles. The Bertz CT molecular complexity index is 185. The molecule has 1 heterocycles. The molecule has 0 spiro atoms. The Morgan fingerprint density at radius 1 is 1.28 bits per heavy atom. The van der Waals surface area contributed by atoms with E-state index >= 15 is 0 Å². The minimum atomic E-state index is -0.367. The number of hydrogen-bond acceptors (Lipinski definition) is 4. The van der Waals surface area contributed by atoms with Crippen molar-refractivity contribution >= 4 is 0 Å². The Morgan fingerprint density at radius 2 is 2.06 bits per heavy atom. The summed E-state index contributed by atoms with van der Waals surface area (Å²) in [5, 5.41) is 13.0. The smallest absolute Gasteiger partial charge is 0.0897 e. The highest BCUT2D eigenvalue weighted by Crippen LogP contribution is 2.06. The predicted molar refractivity (Wildman–Crippen MR) is 74.9 cm³/mol. The Balaban J connectivity index is 1.81. The number of unbranched alkanes of at least 4 members (excludes halogenated alkanes) is 1. The molecule has 4 heteroatoms. The molecule has 1 aliphatic heterocycles. The minimum absolute atomic E-state index is 0.367. The third-order valence-electron chi connectivity index (χ3n) is 3.36. The van der Waals surface area contributed by atoms with Crippen LogP contribution < -0.4 is 5.32 Å². The Kier molecular flexibility index (Phi) is 9.48. The lowest BCUT2D eigenvalue weighted by molar-refractivity contribution is 0.0359. The first-order chi connectivity index (χ1) is 8.83. The zero-order valence-electron chi connectivity index (χ0n) is 11.9. The van der Waals surface area contributed by atoms with Gasteiger partial charge in [0.1, 0.15) is 0 Å². The van der Waals surface area contributed by atoms with Gasteiger partial charge in [-0.2, -0.15) is 0 Å². The average molecular weight is 258 g/mol. The number of ether oxygens (including phenoxy) is 1. The van der Waals surface area contributed by atoms with E-state index in [1.54, 1.807) is 0 Å². The molecule has 0 aliphatic carbocycles. The van der Waals surface area contributed by atoms with Crippen LogP contribution in [0.25, 0.3) is 0 Å². The van der Waals surface area contributed by atoms with Gasteiger partial charge in [-0.05, 0) is 51.9 Å². The summed E-state index contributed by atoms with van der Waals surface area (Å²) in [5.41, 5.74) is 0. The third kappa shape index (κ3) is 8.03. The maximum atomic E-state index is 9.66. The first-order valence-electron chi connectivity index (χ1n) is 7.51. The molecule has 1 atom stereocenters. The number of nitrogens with zero attached hydrogens (tertiary/aromatic N) is 1. The van der Waals surface area contributed by atoms with Crippen molar-refractivity contribution < 1.29 is 9.84 Å². The van der Waals surface area contributed by atoms with Crippen molar-refractivity contribution in [2.24, 2.45) is 0 Å². The maximum Gasteiger partial charge on any atom is 0.0897 e. The van der Waals surface area contributed by atoms with Crippen molar-refractivity contribution in [2.75, 3.05) is 45.9 Å². The van der Waals surface area contributed by atoms with Crippen molar-refractivity contribution in [2.45, 2.75) is 45.1 Å². The van der Waals surface area contributed by atoms with Gasteiger partial charge in [0.15, 0.2) is 0 Å². The molecular weight excluding hydrogens is 228 g/mol. The summed E-state index contributed by atoms with van der Waals surface area (Å²) in [6.07, 6.45) is 5.75. The molecule has 0 saturated carbocycles. The van der Waals surface area contributed by atoms with Crippen LogP contribution >= 0.6 is 0 Å². The van der Waals surface area contributed by atoms with Crippen molar-refractivity contribution in [1.29, 1.82) is 0 Å². The van der Waals surface area contributed by atoms with Crippen LogP contribution in [0, 0.1) is 0 Å². The van der Waals surface area contributed by atoms with Gasteiger partial charge in [-0.1, -0.05) is 13.3 Å². The van der Waals surface area contributed by atoms with Crippen LogP contribution in [0.1, 0.15) is 39.0 Å². The lowest BCUT2D eigenvalue weighted by Crippen LogP contribution is -2.32. The molecule has 2 N–H and O–H groups in total. The summed E-state index contributed by atoms with van der Waals surface area (Å²) in [6.45, 7) is 8.73. The number of aliphatic hydroxyl groups is 1. The highest BCUT2D eigenvalue weighted by atomic mass is 16.5. The fourth-order valence-electron chi connectivity index (χ4n) is 2.23. The summed E-state index contributed by atoms with van der Waals surface area (Å²) in [7, 11) is 0. The largest absolute Gasteiger partial charge is 0.389 e. The molecule has 108 valence electrons. The second kappa shape index (κ2) is 10.7. The van der Waals surface area contributed by atoms with Gasteiger partial charge < -0.3 is 20.1 Å². The van der Waals surface area contributed by atoms with E-state index < -0.39 is 0 Å². The quantitative estimate of drug-likeness (QED) is 0.547. The second-order valence-corrected chi connectivity index (χ2v) is 5.19. The van der Waals surface area contributed by atoms with E-state index in [-0.39, 0.29) is 6.10 Å². The van der Waals surface area contributed by atoms with Crippen LogP contribution in [0.4, 0.5) is 0 Å². The first-order valence-corrected chi connectivity index (χ1v) is 7.51. The molecular formula is C14H30N2O2. The maximum absolute atomic E-state index is 9.66. The van der Waals surface area contributed by atoms with Crippen molar-refractivity contribution in [1.82, 2.24) is 10.2 Å². The number of rotatable bonds is 11. The topological polar surface area (TPSA) is 44.7 Å². The lowest BCUT2D eigenvalue weighted by Gasteiger charge is -2.15. The van der Waals surface area contributed by atoms with Gasteiger partial charge >= 0.3 is 0 Å². The SMILES string of the molecule is CCCCOCC(O)CNCCCN1CCCC1. The highest BCUT2D eigenvalue weighted by molar-refractivity contribution is 4.66. The highest BCUT2D eigenvalue weighted by Gasteiger charge is 2.10. The predicted octanol–water partition coefficient (Wildman–Crippen LogP) is 1.24. The van der Waals surface area contributed by atoms with Crippen LogP contribution in [0.2, 0.25) is 0 Å². The van der Waals surface area contributed by atoms with E-state index in [0.29, 0.717) is 13.2 Å². The fraction of sp³-hybridized carbons (Fsp3) is 1.00. The molecule has 18 heavy (non-hydrogen) atoms. The van der Waals surface area contributed by atoms with Gasteiger partial charge in [-0.25, -0.2) is 0 Å². The molecule has 4 nitrogen and oxygen atoms in total. The zero-order chi connectivity index (χ0) is 13.1. The molecule has 0 aromatic carbocycles. The number of likely N-dealkylation sites (tertiary alicyclic amines) is 1. The first kappa shape index (κ1) is 15.9. The van der Waals surface area contributed by atoms with Gasteiger partial charge in [-0.3, -0.25) is 0 Å². The summed E-state index contributed by atoms with van der Waals surface area (Å²) in [4.78, 5) is 2.52. The monoisotopic (exact) mass is 258 g/mol. The standard InChI is InChI=1S/C14H30N2O2/c1-2-3-11-18-13-14(17)12-15-7-6-10-16-8-4-5-9-16/h14-15,17H,2-13H2,1H3. The molecule has 0 amide bonds. The summed E-state index contributed by atoms with van der Waals surface area (Å²) in [6, 6.07) is 0. The third-order valence-corrected chi connectivity index (χ3v) is 3.36. The van der Waals surface area contributed by atoms with Crippen molar-refractivity contribution in [3.05, 3.63) is 0 Å². The molecule has 0 aromatic rings. The average Bonchev–Trinajstić information content (AvgIpc) is 2.87. The Morgan fingerprint density at radius 3 is 2.78 bits per heavy atom. The van der Waals surface area contributed by atoms with E-state index in [1.165, 1.54) is 38.9 Å². The number of hydrogen-bond donors (Lipinski definition) is 2. The van der Waals surface area contributed by atoms with Crippen molar-refractivity contribution in [3.8, 4) is 0 Å². The normalized spacial score (nSPS) is 18.3. The zero-order valence-corrected chi connectivity index (χ0v) is 11.9. The van der Waals surface area contributed by atoms with Crippen LogP contribution in [-0.2, 0) is 4.74 Å². The van der Waals surface area contributed by atoms with E-state index in [4.69, 9.17) is 4.74 Å². The van der Waals surface area contributed by atoms with Crippen LogP contribution in [0.5, 0.6) is 0 Å². The van der Waals surface area contributed by atoms with Crippen LogP contribution in [0.15, 0.2) is 0 Å². The number of nitrogens with one attached hydrogen (secondary N) is 1. The molecule has 1 saturated heterocycles. The van der Waals surface area contributed by atoms with Gasteiger partial charge in [0.25, 0.3) is 0 Å². The Labute approximate surface area is 112 Å². The van der Waals surface area contributed by atoms with E-state index in [9.17, 15) is 5.11 Å². The minimum Gasteiger partial charge on any atom is -0.389 e. The molecule has 0 radical (unpaired) electrons.